The van der Waals surface area contributed by atoms with E-state index in [-0.39, 0.29) is 5.60 Å². The Morgan fingerprint density at radius 1 is 0.914 bits per heavy atom. The highest BCUT2D eigenvalue weighted by Crippen LogP contribution is 2.45. The SMILES string of the molecule is CNC(=O)Oc1c(C)c(C)c2c(c1C)CCC(C)(CCCC(C)CCCC(C)CCCC(C)C)O2. The van der Waals surface area contributed by atoms with Gasteiger partial charge in [-0.15, -0.1) is 0 Å². The van der Waals surface area contributed by atoms with Gasteiger partial charge in [0.1, 0.15) is 17.1 Å². The lowest BCUT2D eigenvalue weighted by molar-refractivity contribution is 0.0511. The number of nitrogens with one attached hydrogen (secondary N) is 1. The van der Waals surface area contributed by atoms with Gasteiger partial charge in [0.05, 0.1) is 0 Å². The third-order valence-corrected chi connectivity index (χ3v) is 8.24. The van der Waals surface area contributed by atoms with E-state index in [1.165, 1.54) is 56.9 Å². The van der Waals surface area contributed by atoms with Crippen molar-refractivity contribution in [3.63, 3.8) is 0 Å². The van der Waals surface area contributed by atoms with E-state index in [0.29, 0.717) is 5.75 Å². The summed E-state index contributed by atoms with van der Waals surface area (Å²) in [6.07, 6.45) is 13.4. The van der Waals surface area contributed by atoms with Crippen molar-refractivity contribution in [3.05, 3.63) is 22.3 Å². The first-order chi connectivity index (χ1) is 16.5. The molecule has 0 aliphatic carbocycles. The normalized spacial score (nSPS) is 19.1. The van der Waals surface area contributed by atoms with Crippen molar-refractivity contribution in [2.45, 2.75) is 132 Å². The highest BCUT2D eigenvalue weighted by atomic mass is 16.6. The molecule has 0 saturated carbocycles. The Hall–Kier alpha value is -1.71. The van der Waals surface area contributed by atoms with Crippen LogP contribution >= 0.6 is 0 Å². The molecule has 1 heterocycles. The van der Waals surface area contributed by atoms with E-state index >= 15 is 0 Å². The monoisotopic (exact) mass is 487 g/mol. The maximum atomic E-state index is 11.8. The van der Waals surface area contributed by atoms with Crippen molar-refractivity contribution in [2.75, 3.05) is 7.05 Å². The van der Waals surface area contributed by atoms with Crippen LogP contribution in [0.3, 0.4) is 0 Å². The topological polar surface area (TPSA) is 47.6 Å². The van der Waals surface area contributed by atoms with Crippen LogP contribution in [0, 0.1) is 38.5 Å². The van der Waals surface area contributed by atoms with Gasteiger partial charge in [-0.1, -0.05) is 72.6 Å². The molecule has 1 aliphatic rings. The number of carbonyl (C=O) groups excluding carboxylic acids is 1. The molecular formula is C31H53NO3. The first-order valence-electron chi connectivity index (χ1n) is 14.2. The Balaban J connectivity index is 1.84. The lowest BCUT2D eigenvalue weighted by atomic mass is 9.83. The van der Waals surface area contributed by atoms with Gasteiger partial charge in [0.2, 0.25) is 0 Å². The molecule has 0 aromatic heterocycles. The Labute approximate surface area is 215 Å². The summed E-state index contributed by atoms with van der Waals surface area (Å²) in [6.45, 7) is 17.9. The standard InChI is InChI=1S/C31H53NO3/c1-21(2)13-10-14-22(3)15-11-16-23(4)17-12-19-31(8)20-18-27-26(7)28(34-30(33)32-9)24(5)25(6)29(27)35-31/h21-23H,10-20H2,1-9H3,(H,32,33). The predicted octanol–water partition coefficient (Wildman–Crippen LogP) is 8.85. The van der Waals surface area contributed by atoms with E-state index < -0.39 is 6.09 Å². The largest absolute Gasteiger partial charge is 0.487 e. The fourth-order valence-electron chi connectivity index (χ4n) is 5.56. The molecule has 4 nitrogen and oxygen atoms in total. The van der Waals surface area contributed by atoms with Gasteiger partial charge in [-0.3, -0.25) is 0 Å². The first-order valence-corrected chi connectivity index (χ1v) is 14.2. The van der Waals surface area contributed by atoms with Gasteiger partial charge < -0.3 is 14.8 Å². The molecule has 2 rings (SSSR count). The summed E-state index contributed by atoms with van der Waals surface area (Å²) < 4.78 is 12.3. The summed E-state index contributed by atoms with van der Waals surface area (Å²) in [4.78, 5) is 11.8. The lowest BCUT2D eigenvalue weighted by Crippen LogP contribution is -2.37. The fourth-order valence-corrected chi connectivity index (χ4v) is 5.56. The number of amides is 1. The summed E-state index contributed by atoms with van der Waals surface area (Å²) in [6, 6.07) is 0. The molecule has 1 aliphatic heterocycles. The molecule has 0 fully saturated rings. The highest BCUT2D eigenvalue weighted by Gasteiger charge is 2.34. The molecule has 0 radical (unpaired) electrons. The van der Waals surface area contributed by atoms with E-state index in [1.807, 2.05) is 13.8 Å². The zero-order valence-electron chi connectivity index (χ0n) is 24.2. The van der Waals surface area contributed by atoms with Crippen molar-refractivity contribution < 1.29 is 14.3 Å². The van der Waals surface area contributed by atoms with E-state index in [0.717, 1.165) is 59.5 Å². The number of fused-ring (bicyclic) bond motifs is 1. The van der Waals surface area contributed by atoms with Crippen molar-refractivity contribution in [2.24, 2.45) is 17.8 Å². The lowest BCUT2D eigenvalue weighted by Gasteiger charge is -2.38. The van der Waals surface area contributed by atoms with E-state index in [4.69, 9.17) is 9.47 Å². The number of carbonyl (C=O) groups is 1. The average Bonchev–Trinajstić information content (AvgIpc) is 2.79. The molecule has 0 saturated heterocycles. The van der Waals surface area contributed by atoms with E-state index in [9.17, 15) is 4.79 Å². The number of rotatable bonds is 13. The van der Waals surface area contributed by atoms with Gasteiger partial charge in [-0.05, 0) is 87.8 Å². The second-order valence-electron chi connectivity index (χ2n) is 12.1. The maximum Gasteiger partial charge on any atom is 0.412 e. The Morgan fingerprint density at radius 3 is 2.06 bits per heavy atom. The summed E-state index contributed by atoms with van der Waals surface area (Å²) in [7, 11) is 1.59. The third-order valence-electron chi connectivity index (χ3n) is 8.24. The number of benzene rings is 1. The molecule has 200 valence electrons. The van der Waals surface area contributed by atoms with Crippen LogP contribution in [0.15, 0.2) is 0 Å². The van der Waals surface area contributed by atoms with Crippen LogP contribution in [0.4, 0.5) is 4.79 Å². The van der Waals surface area contributed by atoms with Crippen LogP contribution < -0.4 is 14.8 Å². The van der Waals surface area contributed by atoms with Crippen molar-refractivity contribution >= 4 is 6.09 Å². The van der Waals surface area contributed by atoms with Gasteiger partial charge in [-0.25, -0.2) is 4.79 Å². The molecule has 1 amide bonds. The predicted molar refractivity (Wildman–Crippen MR) is 148 cm³/mol. The van der Waals surface area contributed by atoms with E-state index in [1.54, 1.807) is 7.05 Å². The first kappa shape index (κ1) is 29.5. The third kappa shape index (κ3) is 8.72. The maximum absolute atomic E-state index is 11.8. The molecule has 0 spiro atoms. The van der Waals surface area contributed by atoms with Crippen LogP contribution in [-0.4, -0.2) is 18.7 Å². The number of hydrogen-bond acceptors (Lipinski definition) is 3. The molecule has 1 aromatic rings. The van der Waals surface area contributed by atoms with Gasteiger partial charge in [0.15, 0.2) is 0 Å². The van der Waals surface area contributed by atoms with Crippen molar-refractivity contribution in [3.8, 4) is 11.5 Å². The Kier molecular flexibility index (Phi) is 11.4. The quantitative estimate of drug-likeness (QED) is 0.302. The molecule has 1 aromatic carbocycles. The molecule has 3 unspecified atom stereocenters. The molecule has 4 heteroatoms. The molecule has 0 bridgehead atoms. The fraction of sp³-hybridized carbons (Fsp3) is 0.774. The zero-order valence-corrected chi connectivity index (χ0v) is 24.2. The van der Waals surface area contributed by atoms with Crippen LogP contribution in [-0.2, 0) is 6.42 Å². The van der Waals surface area contributed by atoms with Crippen molar-refractivity contribution in [1.29, 1.82) is 0 Å². The zero-order chi connectivity index (χ0) is 26.2. The summed E-state index contributed by atoms with van der Waals surface area (Å²) in [5.41, 5.74) is 4.18. The van der Waals surface area contributed by atoms with Crippen molar-refractivity contribution in [1.82, 2.24) is 5.32 Å². The van der Waals surface area contributed by atoms with Gasteiger partial charge in [-0.2, -0.15) is 0 Å². The molecular weight excluding hydrogens is 434 g/mol. The van der Waals surface area contributed by atoms with Gasteiger partial charge >= 0.3 is 6.09 Å². The van der Waals surface area contributed by atoms with E-state index in [2.05, 4.69) is 46.9 Å². The highest BCUT2D eigenvalue weighted by molar-refractivity contribution is 5.72. The van der Waals surface area contributed by atoms with Crippen LogP contribution in [0.25, 0.3) is 0 Å². The van der Waals surface area contributed by atoms with Crippen LogP contribution in [0.2, 0.25) is 0 Å². The average molecular weight is 488 g/mol. The molecule has 35 heavy (non-hydrogen) atoms. The second kappa shape index (κ2) is 13.6. The second-order valence-corrected chi connectivity index (χ2v) is 12.1. The molecule has 3 atom stereocenters. The number of ether oxygens (including phenoxy) is 2. The van der Waals surface area contributed by atoms with Crippen LogP contribution in [0.5, 0.6) is 11.5 Å². The smallest absolute Gasteiger partial charge is 0.412 e. The Morgan fingerprint density at radius 2 is 1.49 bits per heavy atom. The summed E-state index contributed by atoms with van der Waals surface area (Å²) >= 11 is 0. The number of hydrogen-bond donors (Lipinski definition) is 1. The molecule has 1 N–H and O–H groups in total. The summed E-state index contributed by atoms with van der Waals surface area (Å²) in [5.74, 6) is 4.18. The van der Waals surface area contributed by atoms with Gasteiger partial charge in [0, 0.05) is 12.6 Å². The van der Waals surface area contributed by atoms with Gasteiger partial charge in [0.25, 0.3) is 0 Å². The minimum Gasteiger partial charge on any atom is -0.487 e. The minimum absolute atomic E-state index is 0.121. The van der Waals surface area contributed by atoms with Crippen LogP contribution in [0.1, 0.15) is 121 Å². The summed E-state index contributed by atoms with van der Waals surface area (Å²) in [5, 5.41) is 2.55. The Bertz CT molecular complexity index is 831. The minimum atomic E-state index is -0.424.